The van der Waals surface area contributed by atoms with Gasteiger partial charge in [0.2, 0.25) is 5.95 Å². The molecule has 0 radical (unpaired) electrons. The summed E-state index contributed by atoms with van der Waals surface area (Å²) in [6.45, 7) is 0.306. The molecule has 1 aliphatic carbocycles. The van der Waals surface area contributed by atoms with Crippen LogP contribution in [-0.4, -0.2) is 35.5 Å². The fourth-order valence-corrected chi connectivity index (χ4v) is 4.44. The van der Waals surface area contributed by atoms with Crippen LogP contribution in [-0.2, 0) is 6.54 Å². The standard InChI is InChI=1S/C23H25BrF3N5O.2ClH/c1-28-21-18-4-2-3-5-19(18)31-22(32-21)30-17-10-8-16(9-11-17)29-13-14-6-7-15(24)12-20(14)33-23(25,26)27;;/h2-7,12,16-17,29H,8-11,13H2,1H3,(H2,28,30,31,32);2*1H. The number of alkyl halides is 3. The molecule has 1 saturated carbocycles. The molecular weight excluding hydrogens is 570 g/mol. The molecule has 1 heterocycles. The Balaban J connectivity index is 0.00000216. The number of fused-ring (bicyclic) bond motifs is 1. The Morgan fingerprint density at radius 1 is 1.00 bits per heavy atom. The number of halogens is 6. The first-order valence-corrected chi connectivity index (χ1v) is 11.6. The summed E-state index contributed by atoms with van der Waals surface area (Å²) in [7, 11) is 1.84. The Morgan fingerprint density at radius 2 is 1.69 bits per heavy atom. The molecule has 12 heteroatoms. The van der Waals surface area contributed by atoms with E-state index in [0.29, 0.717) is 22.5 Å². The van der Waals surface area contributed by atoms with Gasteiger partial charge in [-0.25, -0.2) is 4.98 Å². The van der Waals surface area contributed by atoms with Gasteiger partial charge < -0.3 is 20.7 Å². The Hall–Kier alpha value is -2.01. The van der Waals surface area contributed by atoms with Crippen molar-refractivity contribution in [2.45, 2.75) is 50.7 Å². The summed E-state index contributed by atoms with van der Waals surface area (Å²) in [5.41, 5.74) is 1.35. The lowest BCUT2D eigenvalue weighted by Gasteiger charge is -2.30. The smallest absolute Gasteiger partial charge is 0.405 e. The second-order valence-electron chi connectivity index (χ2n) is 8.04. The fraction of sp³-hybridized carbons (Fsp3) is 0.391. The van der Waals surface area contributed by atoms with Crippen LogP contribution in [0.2, 0.25) is 0 Å². The van der Waals surface area contributed by atoms with E-state index in [9.17, 15) is 13.2 Å². The third kappa shape index (κ3) is 7.99. The minimum atomic E-state index is -4.72. The van der Waals surface area contributed by atoms with E-state index in [0.717, 1.165) is 42.4 Å². The number of anilines is 2. The summed E-state index contributed by atoms with van der Waals surface area (Å²) in [6, 6.07) is 13.0. The van der Waals surface area contributed by atoms with Gasteiger partial charge in [0.15, 0.2) is 0 Å². The summed E-state index contributed by atoms with van der Waals surface area (Å²) >= 11 is 3.20. The van der Waals surface area contributed by atoms with Crippen LogP contribution in [0.3, 0.4) is 0 Å². The van der Waals surface area contributed by atoms with E-state index in [1.54, 1.807) is 12.1 Å². The van der Waals surface area contributed by atoms with Gasteiger partial charge in [0.05, 0.1) is 5.52 Å². The average molecular weight is 597 g/mol. The maximum absolute atomic E-state index is 12.7. The van der Waals surface area contributed by atoms with Crippen molar-refractivity contribution in [1.29, 1.82) is 0 Å². The highest BCUT2D eigenvalue weighted by atomic mass is 79.9. The molecule has 2 aromatic carbocycles. The molecule has 1 aliphatic rings. The number of nitrogens with one attached hydrogen (secondary N) is 3. The van der Waals surface area contributed by atoms with Gasteiger partial charge in [0, 0.05) is 41.1 Å². The number of aromatic nitrogens is 2. The number of nitrogens with zero attached hydrogens (tertiary/aromatic N) is 2. The van der Waals surface area contributed by atoms with Crippen LogP contribution in [0.1, 0.15) is 31.2 Å². The van der Waals surface area contributed by atoms with E-state index in [1.807, 2.05) is 31.3 Å². The number of rotatable bonds is 7. The van der Waals surface area contributed by atoms with Gasteiger partial charge in [-0.15, -0.1) is 38.0 Å². The molecular formula is C23H27BrCl2F3N5O. The van der Waals surface area contributed by atoms with Crippen LogP contribution in [0.5, 0.6) is 5.75 Å². The van der Waals surface area contributed by atoms with Crippen molar-refractivity contribution in [2.24, 2.45) is 0 Å². The van der Waals surface area contributed by atoms with Gasteiger partial charge in [0.25, 0.3) is 0 Å². The second-order valence-corrected chi connectivity index (χ2v) is 8.95. The van der Waals surface area contributed by atoms with E-state index in [1.165, 1.54) is 6.07 Å². The first kappa shape index (κ1) is 29.2. The monoisotopic (exact) mass is 595 g/mol. The van der Waals surface area contributed by atoms with Crippen LogP contribution in [0.25, 0.3) is 10.9 Å². The van der Waals surface area contributed by atoms with Gasteiger partial charge in [-0.2, -0.15) is 4.98 Å². The van der Waals surface area contributed by atoms with E-state index < -0.39 is 6.36 Å². The van der Waals surface area contributed by atoms with Crippen molar-refractivity contribution >= 4 is 63.4 Å². The molecule has 0 unspecified atom stereocenters. The van der Waals surface area contributed by atoms with Crippen molar-refractivity contribution in [3.05, 3.63) is 52.5 Å². The number of hydrogen-bond acceptors (Lipinski definition) is 6. The largest absolute Gasteiger partial charge is 0.573 e. The molecule has 0 spiro atoms. The Kier molecular flexibility index (Phi) is 10.7. The summed E-state index contributed by atoms with van der Waals surface area (Å²) in [5, 5.41) is 10.9. The van der Waals surface area contributed by atoms with Crippen LogP contribution < -0.4 is 20.7 Å². The van der Waals surface area contributed by atoms with Gasteiger partial charge >= 0.3 is 6.36 Å². The highest BCUT2D eigenvalue weighted by Crippen LogP contribution is 2.30. The van der Waals surface area contributed by atoms with Crippen LogP contribution in [0, 0.1) is 0 Å². The van der Waals surface area contributed by atoms with Crippen molar-refractivity contribution in [2.75, 3.05) is 17.7 Å². The number of ether oxygens (including phenoxy) is 1. The predicted octanol–water partition coefficient (Wildman–Crippen LogP) is 6.69. The lowest BCUT2D eigenvalue weighted by molar-refractivity contribution is -0.274. The average Bonchev–Trinajstić information content (AvgIpc) is 2.78. The second kappa shape index (κ2) is 12.8. The van der Waals surface area contributed by atoms with Crippen LogP contribution in [0.15, 0.2) is 46.9 Å². The molecule has 0 atom stereocenters. The van der Waals surface area contributed by atoms with E-state index in [4.69, 9.17) is 0 Å². The molecule has 192 valence electrons. The Bertz CT molecular complexity index is 1110. The van der Waals surface area contributed by atoms with Crippen molar-refractivity contribution in [3.63, 3.8) is 0 Å². The van der Waals surface area contributed by atoms with E-state index in [2.05, 4.69) is 46.6 Å². The van der Waals surface area contributed by atoms with Crippen LogP contribution in [0.4, 0.5) is 24.9 Å². The summed E-state index contributed by atoms with van der Waals surface area (Å²) in [5.74, 6) is 1.19. The molecule has 0 amide bonds. The minimum Gasteiger partial charge on any atom is -0.405 e. The summed E-state index contributed by atoms with van der Waals surface area (Å²) in [6.07, 6.45) is -1.10. The number of para-hydroxylation sites is 1. The molecule has 0 saturated heterocycles. The lowest BCUT2D eigenvalue weighted by atomic mass is 9.91. The first-order valence-electron chi connectivity index (χ1n) is 10.8. The first-order chi connectivity index (χ1) is 15.8. The summed E-state index contributed by atoms with van der Waals surface area (Å²) in [4.78, 5) is 9.23. The lowest BCUT2D eigenvalue weighted by Crippen LogP contribution is -2.37. The molecule has 0 bridgehead atoms. The zero-order valence-corrected chi connectivity index (χ0v) is 22.1. The van der Waals surface area contributed by atoms with E-state index in [-0.39, 0.29) is 42.6 Å². The Labute approximate surface area is 222 Å². The molecule has 0 aliphatic heterocycles. The van der Waals surface area contributed by atoms with Crippen molar-refractivity contribution in [1.82, 2.24) is 15.3 Å². The highest BCUT2D eigenvalue weighted by Gasteiger charge is 2.32. The molecule has 3 N–H and O–H groups in total. The molecule has 1 aromatic heterocycles. The SMILES string of the molecule is CNc1nc(NC2CCC(NCc3ccc(Br)cc3OC(F)(F)F)CC2)nc2ccccc12.Cl.Cl. The van der Waals surface area contributed by atoms with Crippen LogP contribution >= 0.6 is 40.7 Å². The quantitative estimate of drug-likeness (QED) is 0.282. The van der Waals surface area contributed by atoms with Gasteiger partial charge in [-0.3, -0.25) is 0 Å². The molecule has 35 heavy (non-hydrogen) atoms. The predicted molar refractivity (Wildman–Crippen MR) is 141 cm³/mol. The Morgan fingerprint density at radius 3 is 2.37 bits per heavy atom. The molecule has 3 aromatic rings. The normalized spacial score (nSPS) is 17.7. The van der Waals surface area contributed by atoms with E-state index >= 15 is 0 Å². The fourth-order valence-electron chi connectivity index (χ4n) is 4.10. The topological polar surface area (TPSA) is 71.1 Å². The maximum atomic E-state index is 12.7. The minimum absolute atomic E-state index is 0. The van der Waals surface area contributed by atoms with Gasteiger partial charge in [0.1, 0.15) is 11.6 Å². The molecule has 1 fully saturated rings. The third-order valence-electron chi connectivity index (χ3n) is 5.74. The van der Waals surface area contributed by atoms with Gasteiger partial charge in [-0.05, 0) is 49.9 Å². The zero-order valence-electron chi connectivity index (χ0n) is 18.9. The summed E-state index contributed by atoms with van der Waals surface area (Å²) < 4.78 is 42.9. The third-order valence-corrected chi connectivity index (χ3v) is 6.23. The van der Waals surface area contributed by atoms with Gasteiger partial charge in [-0.1, -0.05) is 34.1 Å². The zero-order chi connectivity index (χ0) is 23.4. The number of benzene rings is 2. The number of hydrogen-bond donors (Lipinski definition) is 3. The molecule has 6 nitrogen and oxygen atoms in total. The maximum Gasteiger partial charge on any atom is 0.573 e. The molecule has 4 rings (SSSR count). The van der Waals surface area contributed by atoms with Crippen molar-refractivity contribution in [3.8, 4) is 5.75 Å². The highest BCUT2D eigenvalue weighted by molar-refractivity contribution is 9.10. The van der Waals surface area contributed by atoms with Crippen molar-refractivity contribution < 1.29 is 17.9 Å².